The Morgan fingerprint density at radius 3 is 1.75 bits per heavy atom. The van der Waals surface area contributed by atoms with E-state index in [0.717, 1.165) is 4.90 Å². The average Bonchev–Trinajstić information content (AvgIpc) is 1.69. The van der Waals surface area contributed by atoms with E-state index in [1.54, 1.807) is 0 Å². The normalized spacial score (nSPS) is 7.62. The van der Waals surface area contributed by atoms with Crippen LogP contribution in [0.1, 0.15) is 0 Å². The van der Waals surface area contributed by atoms with Crippen molar-refractivity contribution in [3.8, 4) is 0 Å². The zero-order valence-corrected chi connectivity index (χ0v) is 6.03. The monoisotopic (exact) mass is 168 g/mol. The number of hydrogen-bond acceptors (Lipinski definition) is 1. The van der Waals surface area contributed by atoms with Gasteiger partial charge in [-0.25, -0.2) is 0 Å². The fourth-order valence-electron chi connectivity index (χ4n) is 0.428. The maximum Gasteiger partial charge on any atom is 0.00399 e. The Hall–Kier alpha value is 0.0635. The summed E-state index contributed by atoms with van der Waals surface area (Å²) in [5, 5.41) is 0. The predicted octanol–water partition coefficient (Wildman–Crippen LogP) is 1.97. The fourth-order valence-corrected chi connectivity index (χ4v) is 0.600. The van der Waals surface area contributed by atoms with E-state index < -0.39 is 0 Å². The second kappa shape index (κ2) is 3.99. The summed E-state index contributed by atoms with van der Waals surface area (Å²) in [7, 11) is 0. The second-order valence-corrected chi connectivity index (χ2v) is 1.85. The van der Waals surface area contributed by atoms with Crippen molar-refractivity contribution in [1.82, 2.24) is 0 Å². The maximum absolute atomic E-state index is 4.08. The Kier molecular flexibility index (Phi) is 4.03. The Balaban J connectivity index is 0.000000490. The Morgan fingerprint density at radius 2 is 1.50 bits per heavy atom. The average molecular weight is 169 g/mol. The number of benzene rings is 1. The van der Waals surface area contributed by atoms with E-state index in [4.69, 9.17) is 0 Å². The third-order valence-electron chi connectivity index (χ3n) is 0.756. The van der Waals surface area contributed by atoms with Crippen LogP contribution in [0.4, 0.5) is 0 Å². The first-order valence-electron chi connectivity index (χ1n) is 2.13. The smallest absolute Gasteiger partial charge is 0.00399 e. The Morgan fingerprint density at radius 1 is 1.00 bits per heavy atom. The third-order valence-corrected chi connectivity index (χ3v) is 1.05. The van der Waals surface area contributed by atoms with Crippen LogP contribution in [0.5, 0.6) is 0 Å². The molecule has 0 atom stereocenters. The summed E-state index contributed by atoms with van der Waals surface area (Å²) >= 11 is 4.08. The fraction of sp³-hybridized carbons (Fsp3) is 0. The van der Waals surface area contributed by atoms with E-state index in [1.807, 2.05) is 30.3 Å². The van der Waals surface area contributed by atoms with Crippen LogP contribution in [0.25, 0.3) is 0 Å². The molecule has 46 valence electrons. The molecule has 1 aromatic carbocycles. The zero-order valence-electron chi connectivity index (χ0n) is 4.15. The molecular weight excluding hydrogens is 163 g/mol. The van der Waals surface area contributed by atoms with Gasteiger partial charge >= 0.3 is 0 Å². The molecule has 8 heavy (non-hydrogen) atoms. The minimum atomic E-state index is 0. The Bertz CT molecular complexity index is 138. The molecule has 0 N–H and O–H groups in total. The molecule has 0 spiro atoms. The molecule has 0 heterocycles. The summed E-state index contributed by atoms with van der Waals surface area (Å²) in [4.78, 5) is 1.02. The van der Waals surface area contributed by atoms with Gasteiger partial charge in [-0.3, -0.25) is 0 Å². The summed E-state index contributed by atoms with van der Waals surface area (Å²) in [5.74, 6) is 0. The van der Waals surface area contributed by atoms with E-state index in [-0.39, 0.29) is 16.5 Å². The van der Waals surface area contributed by atoms with E-state index in [9.17, 15) is 0 Å². The predicted molar refractivity (Wildman–Crippen MR) is 33.7 cm³/mol. The molecule has 0 aliphatic rings. The van der Waals surface area contributed by atoms with Crippen molar-refractivity contribution in [2.75, 3.05) is 0 Å². The van der Waals surface area contributed by atoms with Crippen LogP contribution in [0.2, 0.25) is 0 Å². The van der Waals surface area contributed by atoms with Crippen molar-refractivity contribution in [3.63, 3.8) is 0 Å². The van der Waals surface area contributed by atoms with Gasteiger partial charge in [-0.2, -0.15) is 0 Å². The van der Waals surface area contributed by atoms with Crippen molar-refractivity contribution in [2.45, 2.75) is 4.90 Å². The number of thiol groups is 1. The molecule has 0 bridgehead atoms. The van der Waals surface area contributed by atoms with Gasteiger partial charge in [0.15, 0.2) is 0 Å². The summed E-state index contributed by atoms with van der Waals surface area (Å²) in [6.07, 6.45) is 0. The van der Waals surface area contributed by atoms with Gasteiger partial charge in [0.05, 0.1) is 0 Å². The van der Waals surface area contributed by atoms with Gasteiger partial charge < -0.3 is 0 Å². The topological polar surface area (TPSA) is 0 Å². The molecule has 0 radical (unpaired) electrons. The molecule has 1 rings (SSSR count). The van der Waals surface area contributed by atoms with Crippen molar-refractivity contribution in [1.29, 1.82) is 0 Å². The van der Waals surface area contributed by atoms with Crippen LogP contribution in [-0.2, 0) is 16.5 Å². The first-order chi connectivity index (χ1) is 3.39. The Labute approximate surface area is 64.6 Å². The van der Waals surface area contributed by atoms with Gasteiger partial charge in [-0.15, -0.1) is 12.6 Å². The zero-order chi connectivity index (χ0) is 5.11. The molecule has 0 fully saturated rings. The van der Waals surface area contributed by atoms with Gasteiger partial charge in [0, 0.05) is 21.4 Å². The molecular formula is C6H6NiS. The third kappa shape index (κ3) is 2.39. The summed E-state index contributed by atoms with van der Waals surface area (Å²) in [6, 6.07) is 9.79. The van der Waals surface area contributed by atoms with E-state index in [2.05, 4.69) is 12.6 Å². The van der Waals surface area contributed by atoms with Gasteiger partial charge in [-0.05, 0) is 12.1 Å². The van der Waals surface area contributed by atoms with Crippen LogP contribution in [0.3, 0.4) is 0 Å². The molecule has 0 amide bonds. The maximum atomic E-state index is 4.08. The van der Waals surface area contributed by atoms with Crippen molar-refractivity contribution in [2.24, 2.45) is 0 Å². The van der Waals surface area contributed by atoms with Crippen LogP contribution in [0, 0.1) is 0 Å². The van der Waals surface area contributed by atoms with Gasteiger partial charge in [0.25, 0.3) is 0 Å². The van der Waals surface area contributed by atoms with E-state index >= 15 is 0 Å². The largest absolute Gasteiger partial charge is 0.143 e. The summed E-state index contributed by atoms with van der Waals surface area (Å²) < 4.78 is 0. The quantitative estimate of drug-likeness (QED) is 0.445. The van der Waals surface area contributed by atoms with Crippen LogP contribution < -0.4 is 0 Å². The molecule has 1 aromatic rings. The van der Waals surface area contributed by atoms with Gasteiger partial charge in [0.1, 0.15) is 0 Å². The van der Waals surface area contributed by atoms with Crippen LogP contribution in [-0.4, -0.2) is 0 Å². The standard InChI is InChI=1S/C6H6S.Ni/c7-6-4-2-1-3-5-6;/h1-5,7H;. The van der Waals surface area contributed by atoms with Gasteiger partial charge in [0.2, 0.25) is 0 Å². The molecule has 0 saturated heterocycles. The van der Waals surface area contributed by atoms with Crippen molar-refractivity contribution >= 4 is 12.6 Å². The molecule has 0 aliphatic carbocycles. The first-order valence-corrected chi connectivity index (χ1v) is 2.58. The minimum absolute atomic E-state index is 0. The molecule has 0 aromatic heterocycles. The first kappa shape index (κ1) is 8.06. The van der Waals surface area contributed by atoms with Crippen molar-refractivity contribution < 1.29 is 16.5 Å². The molecule has 2 heteroatoms. The molecule has 0 unspecified atom stereocenters. The second-order valence-electron chi connectivity index (χ2n) is 1.34. The minimum Gasteiger partial charge on any atom is -0.143 e. The van der Waals surface area contributed by atoms with Gasteiger partial charge in [-0.1, -0.05) is 18.2 Å². The number of hydrogen-bond donors (Lipinski definition) is 1. The number of rotatable bonds is 0. The molecule has 0 saturated carbocycles. The van der Waals surface area contributed by atoms with E-state index in [0.29, 0.717) is 0 Å². The summed E-state index contributed by atoms with van der Waals surface area (Å²) in [6.45, 7) is 0. The molecule has 0 aliphatic heterocycles. The van der Waals surface area contributed by atoms with Crippen LogP contribution in [0.15, 0.2) is 35.2 Å². The van der Waals surface area contributed by atoms with E-state index in [1.165, 1.54) is 0 Å². The van der Waals surface area contributed by atoms with Crippen LogP contribution >= 0.6 is 12.6 Å². The SMILES string of the molecule is Sc1ccccc1.[Ni]. The summed E-state index contributed by atoms with van der Waals surface area (Å²) in [5.41, 5.74) is 0. The molecule has 0 nitrogen and oxygen atoms in total. The van der Waals surface area contributed by atoms with Crippen molar-refractivity contribution in [3.05, 3.63) is 30.3 Å².